The first kappa shape index (κ1) is 18.6. The van der Waals surface area contributed by atoms with Gasteiger partial charge in [0.2, 0.25) is 0 Å². The van der Waals surface area contributed by atoms with E-state index in [-0.39, 0.29) is 11.4 Å². The number of benzene rings is 2. The lowest BCUT2D eigenvalue weighted by Crippen LogP contribution is -2.46. The Morgan fingerprint density at radius 3 is 2.39 bits per heavy atom. The van der Waals surface area contributed by atoms with Gasteiger partial charge in [-0.2, -0.15) is 0 Å². The van der Waals surface area contributed by atoms with Crippen LogP contribution in [0.5, 0.6) is 5.75 Å². The Hall–Kier alpha value is -2.79. The molecule has 1 N–H and O–H groups in total. The molecule has 0 amide bonds. The van der Waals surface area contributed by atoms with E-state index in [1.165, 1.54) is 5.69 Å². The maximum Gasteiger partial charge on any atom is 0.339 e. The fourth-order valence-corrected chi connectivity index (χ4v) is 4.09. The lowest BCUT2D eigenvalue weighted by Gasteiger charge is -2.36. The number of phenolic OH excluding ortho intramolecular Hbond substituents is 1. The summed E-state index contributed by atoms with van der Waals surface area (Å²) in [5, 5.41) is 11.4. The van der Waals surface area contributed by atoms with Gasteiger partial charge in [0.1, 0.15) is 11.3 Å². The first-order valence-corrected chi connectivity index (χ1v) is 9.88. The van der Waals surface area contributed by atoms with Crippen molar-refractivity contribution in [2.24, 2.45) is 0 Å². The van der Waals surface area contributed by atoms with Crippen molar-refractivity contribution in [3.8, 4) is 5.75 Å². The number of hydrogen-bond donors (Lipinski definition) is 1. The van der Waals surface area contributed by atoms with Crippen molar-refractivity contribution >= 4 is 16.7 Å². The Morgan fingerprint density at radius 2 is 1.71 bits per heavy atom. The molecule has 3 aromatic rings. The summed E-state index contributed by atoms with van der Waals surface area (Å²) in [7, 11) is 0. The molecule has 1 fully saturated rings. The zero-order valence-corrected chi connectivity index (χ0v) is 16.4. The Morgan fingerprint density at radius 1 is 1.00 bits per heavy atom. The molecule has 0 aliphatic carbocycles. The van der Waals surface area contributed by atoms with Gasteiger partial charge < -0.3 is 14.4 Å². The third-order valence-electron chi connectivity index (χ3n) is 5.76. The summed E-state index contributed by atoms with van der Waals surface area (Å²) >= 11 is 0. The molecule has 0 saturated carbocycles. The molecule has 1 aliphatic rings. The maximum absolute atomic E-state index is 12.4. The lowest BCUT2D eigenvalue weighted by molar-refractivity contribution is 0.246. The van der Waals surface area contributed by atoms with Crippen molar-refractivity contribution in [1.29, 1.82) is 0 Å². The Labute approximate surface area is 164 Å². The summed E-state index contributed by atoms with van der Waals surface area (Å²) in [4.78, 5) is 17.0. The van der Waals surface area contributed by atoms with Gasteiger partial charge in [0.15, 0.2) is 0 Å². The molecule has 0 bridgehead atoms. The van der Waals surface area contributed by atoms with Gasteiger partial charge in [-0.05, 0) is 43.2 Å². The highest BCUT2D eigenvalue weighted by Crippen LogP contribution is 2.31. The average Bonchev–Trinajstić information content (AvgIpc) is 2.72. The number of piperazine rings is 1. The fraction of sp³-hybridized carbons (Fsp3) is 0.348. The predicted octanol–water partition coefficient (Wildman–Crippen LogP) is 3.69. The average molecular weight is 378 g/mol. The fourth-order valence-electron chi connectivity index (χ4n) is 4.09. The Bertz CT molecular complexity index is 1040. The Kier molecular flexibility index (Phi) is 5.09. The van der Waals surface area contributed by atoms with E-state index >= 15 is 0 Å². The second kappa shape index (κ2) is 7.68. The third-order valence-corrected chi connectivity index (χ3v) is 5.76. The number of anilines is 1. The van der Waals surface area contributed by atoms with Crippen LogP contribution in [0.4, 0.5) is 5.69 Å². The molecule has 0 radical (unpaired) electrons. The normalized spacial score (nSPS) is 15.3. The molecule has 5 heteroatoms. The van der Waals surface area contributed by atoms with Crippen LogP contribution in [0.1, 0.15) is 23.6 Å². The van der Waals surface area contributed by atoms with Gasteiger partial charge in [-0.15, -0.1) is 0 Å². The van der Waals surface area contributed by atoms with Crippen molar-refractivity contribution in [2.75, 3.05) is 31.1 Å². The van der Waals surface area contributed by atoms with Gasteiger partial charge in [0.25, 0.3) is 0 Å². The molecule has 5 nitrogen and oxygen atoms in total. The van der Waals surface area contributed by atoms with Crippen molar-refractivity contribution in [2.45, 2.75) is 26.8 Å². The molecule has 2 heterocycles. The van der Waals surface area contributed by atoms with Crippen LogP contribution in [-0.4, -0.2) is 36.2 Å². The quantitative estimate of drug-likeness (QED) is 0.702. The smallest absolute Gasteiger partial charge is 0.339 e. The van der Waals surface area contributed by atoms with Gasteiger partial charge in [0.05, 0.1) is 5.56 Å². The highest BCUT2D eigenvalue weighted by molar-refractivity contribution is 5.85. The highest BCUT2D eigenvalue weighted by atomic mass is 16.4. The second-order valence-corrected chi connectivity index (χ2v) is 7.39. The number of nitrogens with zero attached hydrogens (tertiary/aromatic N) is 2. The van der Waals surface area contributed by atoms with Crippen LogP contribution in [0.15, 0.2) is 51.7 Å². The van der Waals surface area contributed by atoms with Gasteiger partial charge in [-0.1, -0.05) is 25.1 Å². The summed E-state index contributed by atoms with van der Waals surface area (Å²) in [6.45, 7) is 8.12. The first-order chi connectivity index (χ1) is 13.6. The van der Waals surface area contributed by atoms with E-state index in [0.29, 0.717) is 29.7 Å². The van der Waals surface area contributed by atoms with Crippen LogP contribution >= 0.6 is 0 Å². The highest BCUT2D eigenvalue weighted by Gasteiger charge is 2.21. The van der Waals surface area contributed by atoms with Crippen LogP contribution in [0.2, 0.25) is 0 Å². The minimum atomic E-state index is -0.298. The molecule has 0 unspecified atom stereocenters. The number of para-hydroxylation sites is 1. The number of aryl methyl sites for hydroxylation is 1. The number of phenols is 1. The van der Waals surface area contributed by atoms with Gasteiger partial charge in [0, 0.05) is 49.4 Å². The lowest BCUT2D eigenvalue weighted by atomic mass is 10.0. The number of hydrogen-bond acceptors (Lipinski definition) is 5. The molecular formula is C23H26N2O3. The van der Waals surface area contributed by atoms with Crippen LogP contribution < -0.4 is 10.5 Å². The number of aromatic hydroxyl groups is 1. The van der Waals surface area contributed by atoms with Crippen LogP contribution in [0.3, 0.4) is 0 Å². The van der Waals surface area contributed by atoms with E-state index in [1.54, 1.807) is 6.07 Å². The molecule has 0 spiro atoms. The van der Waals surface area contributed by atoms with Gasteiger partial charge in [-0.25, -0.2) is 4.79 Å². The van der Waals surface area contributed by atoms with Crippen molar-refractivity contribution in [3.63, 3.8) is 0 Å². The predicted molar refractivity (Wildman–Crippen MR) is 112 cm³/mol. The van der Waals surface area contributed by atoms with E-state index in [0.717, 1.165) is 37.1 Å². The second-order valence-electron chi connectivity index (χ2n) is 7.39. The summed E-state index contributed by atoms with van der Waals surface area (Å²) in [6.07, 6.45) is 0.641. The van der Waals surface area contributed by atoms with E-state index in [1.807, 2.05) is 26.0 Å². The summed E-state index contributed by atoms with van der Waals surface area (Å²) in [6, 6.07) is 14.0. The zero-order valence-electron chi connectivity index (χ0n) is 16.4. The molecular weight excluding hydrogens is 352 g/mol. The standard InChI is InChI=1S/C23H26N2O3/c1-3-18-16(2)19-9-10-21(26)20(22(19)28-23(18)27)15-24-11-13-25(14-12-24)17-7-5-4-6-8-17/h4-10,26H,3,11-15H2,1-2H3. The topological polar surface area (TPSA) is 56.9 Å². The number of fused-ring (bicyclic) bond motifs is 1. The summed E-state index contributed by atoms with van der Waals surface area (Å²) in [5.74, 6) is 0.185. The minimum absolute atomic E-state index is 0.185. The van der Waals surface area contributed by atoms with E-state index in [4.69, 9.17) is 4.42 Å². The third kappa shape index (κ3) is 3.38. The largest absolute Gasteiger partial charge is 0.507 e. The summed E-state index contributed by atoms with van der Waals surface area (Å²) < 4.78 is 5.66. The van der Waals surface area contributed by atoms with Gasteiger partial charge in [-0.3, -0.25) is 4.90 Å². The maximum atomic E-state index is 12.4. The Balaban J connectivity index is 1.59. The van der Waals surface area contributed by atoms with Gasteiger partial charge >= 0.3 is 5.63 Å². The minimum Gasteiger partial charge on any atom is -0.507 e. The van der Waals surface area contributed by atoms with E-state index < -0.39 is 0 Å². The summed E-state index contributed by atoms with van der Waals surface area (Å²) in [5.41, 5.74) is 3.82. The molecule has 1 saturated heterocycles. The SMILES string of the molecule is CCc1c(C)c2ccc(O)c(CN3CCN(c4ccccc4)CC3)c2oc1=O. The molecule has 0 atom stereocenters. The van der Waals surface area contributed by atoms with Crippen LogP contribution in [0, 0.1) is 6.92 Å². The molecule has 2 aromatic carbocycles. The van der Waals surface area contributed by atoms with Crippen molar-refractivity contribution < 1.29 is 9.52 Å². The van der Waals surface area contributed by atoms with E-state index in [2.05, 4.69) is 34.1 Å². The first-order valence-electron chi connectivity index (χ1n) is 9.88. The van der Waals surface area contributed by atoms with Crippen LogP contribution in [-0.2, 0) is 13.0 Å². The van der Waals surface area contributed by atoms with E-state index in [9.17, 15) is 9.90 Å². The monoisotopic (exact) mass is 378 g/mol. The molecule has 1 aromatic heterocycles. The van der Waals surface area contributed by atoms with Crippen molar-refractivity contribution in [3.05, 3.63) is 69.6 Å². The molecule has 146 valence electrons. The zero-order chi connectivity index (χ0) is 19.7. The molecule has 1 aliphatic heterocycles. The van der Waals surface area contributed by atoms with Crippen molar-refractivity contribution in [1.82, 2.24) is 4.90 Å². The van der Waals surface area contributed by atoms with Crippen LogP contribution in [0.25, 0.3) is 11.0 Å². The number of rotatable bonds is 4. The molecule has 28 heavy (non-hydrogen) atoms. The molecule has 4 rings (SSSR count).